The van der Waals surface area contributed by atoms with Crippen LogP contribution in [0.1, 0.15) is 25.1 Å². The minimum absolute atomic E-state index is 0.340. The Hall–Kier alpha value is -0.470. The molecule has 114 valence electrons. The zero-order valence-electron chi connectivity index (χ0n) is 12.1. The normalized spacial score (nSPS) is 20.9. The smallest absolute Gasteiger partial charge is 0.243 e. The molecule has 0 radical (unpaired) electrons. The Bertz CT molecular complexity index is 538. The molecule has 1 atom stereocenters. The molecule has 0 amide bonds. The Morgan fingerprint density at radius 3 is 2.70 bits per heavy atom. The summed E-state index contributed by atoms with van der Waals surface area (Å²) in [5, 5.41) is 1.70. The molecule has 1 unspecified atom stereocenters. The van der Waals surface area contributed by atoms with Crippen molar-refractivity contribution in [3.05, 3.63) is 16.3 Å². The van der Waals surface area contributed by atoms with Crippen molar-refractivity contribution in [3.63, 3.8) is 0 Å². The summed E-state index contributed by atoms with van der Waals surface area (Å²) in [7, 11) is -3.35. The third-order valence-corrected chi connectivity index (χ3v) is 6.87. The summed E-state index contributed by atoms with van der Waals surface area (Å²) in [6.07, 6.45) is 0.912. The highest BCUT2D eigenvalue weighted by Crippen LogP contribution is 2.26. The molecule has 1 fully saturated rings. The second-order valence-electron chi connectivity index (χ2n) is 4.98. The van der Waals surface area contributed by atoms with Gasteiger partial charge >= 0.3 is 0 Å². The molecule has 1 aromatic rings. The first-order chi connectivity index (χ1) is 9.52. The van der Waals surface area contributed by atoms with Crippen LogP contribution in [0.25, 0.3) is 0 Å². The molecule has 2 N–H and O–H groups in total. The largest absolute Gasteiger partial charge is 0.326 e. The third-order valence-electron chi connectivity index (χ3n) is 3.92. The molecule has 20 heavy (non-hydrogen) atoms. The number of nitrogens with zero attached hydrogens (tertiary/aromatic N) is 2. The van der Waals surface area contributed by atoms with Gasteiger partial charge in [0.05, 0.1) is 4.90 Å². The minimum Gasteiger partial charge on any atom is -0.326 e. The summed E-state index contributed by atoms with van der Waals surface area (Å²) < 4.78 is 26.8. The molecule has 0 saturated carbocycles. The molecular formula is C13H23N3O2S2. The van der Waals surface area contributed by atoms with Crippen LogP contribution in [0, 0.1) is 0 Å². The molecule has 1 aliphatic rings. The first-order valence-electron chi connectivity index (χ1n) is 7.04. The van der Waals surface area contributed by atoms with Crippen LogP contribution in [-0.4, -0.2) is 49.8 Å². The lowest BCUT2D eigenvalue weighted by molar-refractivity contribution is 0.224. The van der Waals surface area contributed by atoms with Crippen molar-refractivity contribution in [1.82, 2.24) is 9.21 Å². The third kappa shape index (κ3) is 3.07. The number of likely N-dealkylation sites (N-methyl/N-ethyl adjacent to an activating group) is 1. The lowest BCUT2D eigenvalue weighted by Crippen LogP contribution is -2.38. The Morgan fingerprint density at radius 1 is 1.45 bits per heavy atom. The average Bonchev–Trinajstić information content (AvgIpc) is 3.09. The summed E-state index contributed by atoms with van der Waals surface area (Å²) in [4.78, 5) is 3.63. The fourth-order valence-corrected chi connectivity index (χ4v) is 5.35. The van der Waals surface area contributed by atoms with Gasteiger partial charge in [0.15, 0.2) is 0 Å². The summed E-state index contributed by atoms with van der Waals surface area (Å²) >= 11 is 1.41. The number of hydrogen-bond donors (Lipinski definition) is 1. The van der Waals surface area contributed by atoms with E-state index in [4.69, 9.17) is 5.73 Å². The van der Waals surface area contributed by atoms with Gasteiger partial charge in [-0.3, -0.25) is 4.90 Å². The van der Waals surface area contributed by atoms with Crippen LogP contribution in [0.15, 0.2) is 16.3 Å². The van der Waals surface area contributed by atoms with Crippen LogP contribution in [0.2, 0.25) is 0 Å². The second-order valence-corrected chi connectivity index (χ2v) is 7.91. The van der Waals surface area contributed by atoms with Gasteiger partial charge in [0.2, 0.25) is 10.0 Å². The van der Waals surface area contributed by atoms with E-state index in [1.807, 2.05) is 0 Å². The molecule has 2 heterocycles. The van der Waals surface area contributed by atoms with E-state index >= 15 is 0 Å². The van der Waals surface area contributed by atoms with E-state index < -0.39 is 10.0 Å². The van der Waals surface area contributed by atoms with Gasteiger partial charge in [-0.2, -0.15) is 4.31 Å². The fourth-order valence-electron chi connectivity index (χ4n) is 2.72. The first kappa shape index (κ1) is 15.9. The van der Waals surface area contributed by atoms with E-state index in [0.29, 0.717) is 30.6 Å². The Morgan fingerprint density at radius 2 is 2.15 bits per heavy atom. The van der Waals surface area contributed by atoms with Crippen molar-refractivity contribution in [2.75, 3.05) is 26.2 Å². The molecule has 1 aromatic heterocycles. The average molecular weight is 317 g/mol. The molecule has 0 spiro atoms. The molecule has 0 bridgehead atoms. The number of rotatable bonds is 6. The molecule has 2 rings (SSSR count). The SMILES string of the molecule is CCN(CC)C1CCN(S(=O)(=O)c2csc(CN)c2)C1. The van der Waals surface area contributed by atoms with Crippen LogP contribution >= 0.6 is 11.3 Å². The second kappa shape index (κ2) is 6.53. The van der Waals surface area contributed by atoms with Gasteiger partial charge in [0.1, 0.15) is 0 Å². The van der Waals surface area contributed by atoms with Crippen LogP contribution < -0.4 is 5.73 Å². The molecule has 1 saturated heterocycles. The van der Waals surface area contributed by atoms with Crippen molar-refractivity contribution in [1.29, 1.82) is 0 Å². The van der Waals surface area contributed by atoms with Gasteiger partial charge < -0.3 is 5.73 Å². The highest BCUT2D eigenvalue weighted by molar-refractivity contribution is 7.89. The number of hydrogen-bond acceptors (Lipinski definition) is 5. The molecule has 5 nitrogen and oxygen atoms in total. The van der Waals surface area contributed by atoms with Gasteiger partial charge in [-0.05, 0) is 25.6 Å². The van der Waals surface area contributed by atoms with Crippen LogP contribution in [0.5, 0.6) is 0 Å². The maximum atomic E-state index is 12.6. The molecule has 7 heteroatoms. The molecule has 0 aliphatic carbocycles. The maximum absolute atomic E-state index is 12.6. The standard InChI is InChI=1S/C13H23N3O2S2/c1-3-15(4-2)11-5-6-16(9-11)20(17,18)13-7-12(8-14)19-10-13/h7,10-11H,3-6,8-9,14H2,1-2H3. The van der Waals surface area contributed by atoms with Crippen molar-refractivity contribution in [2.45, 2.75) is 37.8 Å². The Labute approximate surface area is 125 Å². The first-order valence-corrected chi connectivity index (χ1v) is 9.36. The zero-order chi connectivity index (χ0) is 14.8. The van der Waals surface area contributed by atoms with E-state index in [-0.39, 0.29) is 0 Å². The van der Waals surface area contributed by atoms with Crippen molar-refractivity contribution in [3.8, 4) is 0 Å². The van der Waals surface area contributed by atoms with Crippen LogP contribution in [0.4, 0.5) is 0 Å². The lowest BCUT2D eigenvalue weighted by atomic mass is 10.2. The number of nitrogens with two attached hydrogens (primary N) is 1. The lowest BCUT2D eigenvalue weighted by Gasteiger charge is -2.25. The van der Waals surface area contributed by atoms with Crippen molar-refractivity contribution >= 4 is 21.4 Å². The minimum atomic E-state index is -3.35. The van der Waals surface area contributed by atoms with Gasteiger partial charge in [-0.25, -0.2) is 8.42 Å². The number of sulfonamides is 1. The molecular weight excluding hydrogens is 294 g/mol. The highest BCUT2D eigenvalue weighted by atomic mass is 32.2. The van der Waals surface area contributed by atoms with E-state index in [9.17, 15) is 8.42 Å². The van der Waals surface area contributed by atoms with E-state index in [1.54, 1.807) is 15.8 Å². The van der Waals surface area contributed by atoms with Gasteiger partial charge in [-0.15, -0.1) is 11.3 Å². The fraction of sp³-hybridized carbons (Fsp3) is 0.692. The van der Waals surface area contributed by atoms with E-state index in [1.165, 1.54) is 11.3 Å². The van der Waals surface area contributed by atoms with E-state index in [0.717, 1.165) is 24.4 Å². The summed E-state index contributed by atoms with van der Waals surface area (Å²) in [6, 6.07) is 2.04. The Balaban J connectivity index is 2.12. The topological polar surface area (TPSA) is 66.6 Å². The quantitative estimate of drug-likeness (QED) is 0.859. The Kier molecular flexibility index (Phi) is 5.19. The van der Waals surface area contributed by atoms with Crippen LogP contribution in [0.3, 0.4) is 0 Å². The monoisotopic (exact) mass is 317 g/mol. The van der Waals surface area contributed by atoms with Crippen molar-refractivity contribution < 1.29 is 8.42 Å². The summed E-state index contributed by atoms with van der Waals surface area (Å²) in [5.41, 5.74) is 5.55. The van der Waals surface area contributed by atoms with Gasteiger partial charge in [0.25, 0.3) is 0 Å². The molecule has 0 aromatic carbocycles. The zero-order valence-corrected chi connectivity index (χ0v) is 13.7. The highest BCUT2D eigenvalue weighted by Gasteiger charge is 2.34. The predicted molar refractivity (Wildman–Crippen MR) is 82.3 cm³/mol. The van der Waals surface area contributed by atoms with Gasteiger partial charge in [0, 0.05) is 35.9 Å². The van der Waals surface area contributed by atoms with Crippen LogP contribution in [-0.2, 0) is 16.6 Å². The predicted octanol–water partition coefficient (Wildman–Crippen LogP) is 1.31. The number of thiophene rings is 1. The van der Waals surface area contributed by atoms with Crippen molar-refractivity contribution in [2.24, 2.45) is 5.73 Å². The maximum Gasteiger partial charge on any atom is 0.243 e. The summed E-state index contributed by atoms with van der Waals surface area (Å²) in [5.74, 6) is 0. The summed E-state index contributed by atoms with van der Waals surface area (Å²) in [6.45, 7) is 7.76. The molecule has 1 aliphatic heterocycles. The van der Waals surface area contributed by atoms with E-state index in [2.05, 4.69) is 18.7 Å². The van der Waals surface area contributed by atoms with Gasteiger partial charge in [-0.1, -0.05) is 13.8 Å².